The van der Waals surface area contributed by atoms with Gasteiger partial charge in [0.25, 0.3) is 5.91 Å². The molecule has 1 aromatic carbocycles. The van der Waals surface area contributed by atoms with E-state index in [0.717, 1.165) is 3.57 Å². The fourth-order valence-corrected chi connectivity index (χ4v) is 1.67. The van der Waals surface area contributed by atoms with E-state index in [2.05, 4.69) is 22.6 Å². The van der Waals surface area contributed by atoms with E-state index in [4.69, 9.17) is 9.84 Å². The highest BCUT2D eigenvalue weighted by atomic mass is 127. The summed E-state index contributed by atoms with van der Waals surface area (Å²) in [5.41, 5.74) is 0. The van der Waals surface area contributed by atoms with Crippen LogP contribution in [0, 0.1) is 3.57 Å². The van der Waals surface area contributed by atoms with Crippen molar-refractivity contribution in [2.45, 2.75) is 18.9 Å². The van der Waals surface area contributed by atoms with Crippen LogP contribution in [0.15, 0.2) is 24.3 Å². The van der Waals surface area contributed by atoms with E-state index in [9.17, 15) is 18.4 Å². The molecule has 0 bridgehead atoms. The number of carbonyl (C=O) groups excluding carboxylic acids is 1. The van der Waals surface area contributed by atoms with Gasteiger partial charge in [-0.15, -0.1) is 0 Å². The third-order valence-corrected chi connectivity index (χ3v) is 2.95. The van der Waals surface area contributed by atoms with Gasteiger partial charge in [0.2, 0.25) is 6.43 Å². The number of nitrogens with one attached hydrogen (secondary N) is 1. The van der Waals surface area contributed by atoms with Gasteiger partial charge in [-0.1, -0.05) is 0 Å². The van der Waals surface area contributed by atoms with Crippen LogP contribution in [0.25, 0.3) is 0 Å². The molecule has 5 nitrogen and oxygen atoms in total. The summed E-state index contributed by atoms with van der Waals surface area (Å²) in [5, 5.41) is 10.7. The molecule has 1 rings (SSSR count). The molecule has 0 heterocycles. The second-order valence-corrected chi connectivity index (χ2v) is 5.07. The first-order valence-electron chi connectivity index (χ1n) is 5.57. The van der Waals surface area contributed by atoms with Crippen molar-refractivity contribution in [3.05, 3.63) is 27.8 Å². The molecule has 0 aliphatic heterocycles. The number of hydrogen-bond acceptors (Lipinski definition) is 3. The van der Waals surface area contributed by atoms with Crippen molar-refractivity contribution in [3.8, 4) is 5.75 Å². The Morgan fingerprint density at radius 2 is 1.90 bits per heavy atom. The molecule has 0 saturated carbocycles. The average Bonchev–Trinajstić information content (AvgIpc) is 2.36. The minimum atomic E-state index is -2.81. The molecule has 8 heteroatoms. The minimum Gasteiger partial charge on any atom is -0.484 e. The minimum absolute atomic E-state index is 0.432. The third-order valence-electron chi connectivity index (χ3n) is 2.23. The lowest BCUT2D eigenvalue weighted by Gasteiger charge is -2.14. The first kappa shape index (κ1) is 16.6. The standard InChI is InChI=1S/C12H12F2INO4/c13-10(14)5-9(12(18)19)16-11(17)6-20-8-3-1-7(15)2-4-8/h1-4,9-10H,5-6H2,(H,16,17)(H,18,19). The summed E-state index contributed by atoms with van der Waals surface area (Å²) in [4.78, 5) is 22.1. The predicted molar refractivity (Wildman–Crippen MR) is 74.8 cm³/mol. The number of alkyl halides is 2. The molecule has 1 amide bonds. The molecule has 0 spiro atoms. The Morgan fingerprint density at radius 1 is 1.30 bits per heavy atom. The number of halogens is 3. The molecule has 0 aliphatic rings. The van der Waals surface area contributed by atoms with E-state index in [1.54, 1.807) is 24.3 Å². The lowest BCUT2D eigenvalue weighted by Crippen LogP contribution is -2.44. The second kappa shape index (κ2) is 7.98. The molecule has 110 valence electrons. The molecule has 0 fully saturated rings. The van der Waals surface area contributed by atoms with Crippen molar-refractivity contribution < 1.29 is 28.2 Å². The van der Waals surface area contributed by atoms with E-state index in [1.807, 2.05) is 5.32 Å². The average molecular weight is 399 g/mol. The van der Waals surface area contributed by atoms with E-state index in [0.29, 0.717) is 5.75 Å². The lowest BCUT2D eigenvalue weighted by atomic mass is 10.2. The van der Waals surface area contributed by atoms with Crippen molar-refractivity contribution in [1.29, 1.82) is 0 Å². The highest BCUT2D eigenvalue weighted by molar-refractivity contribution is 14.1. The molecule has 0 aliphatic carbocycles. The van der Waals surface area contributed by atoms with Crippen molar-refractivity contribution in [3.63, 3.8) is 0 Å². The number of benzene rings is 1. The molecule has 1 aromatic rings. The molecule has 0 saturated heterocycles. The Labute approximate surface area is 127 Å². The second-order valence-electron chi connectivity index (χ2n) is 3.83. The smallest absolute Gasteiger partial charge is 0.326 e. The molecular formula is C12H12F2INO4. The van der Waals surface area contributed by atoms with Gasteiger partial charge < -0.3 is 15.2 Å². The zero-order valence-electron chi connectivity index (χ0n) is 10.2. The van der Waals surface area contributed by atoms with Crippen LogP contribution in [0.2, 0.25) is 0 Å². The summed E-state index contributed by atoms with van der Waals surface area (Å²) in [7, 11) is 0. The van der Waals surface area contributed by atoms with Crippen LogP contribution in [0.4, 0.5) is 8.78 Å². The first-order valence-corrected chi connectivity index (χ1v) is 6.65. The maximum absolute atomic E-state index is 12.1. The van der Waals surface area contributed by atoms with Gasteiger partial charge in [0, 0.05) is 9.99 Å². The monoisotopic (exact) mass is 399 g/mol. The van der Waals surface area contributed by atoms with Crippen molar-refractivity contribution >= 4 is 34.5 Å². The molecule has 1 atom stereocenters. The lowest BCUT2D eigenvalue weighted by molar-refractivity contribution is -0.143. The van der Waals surface area contributed by atoms with E-state index >= 15 is 0 Å². The Balaban J connectivity index is 2.45. The number of carboxylic acid groups (broad SMARTS) is 1. The summed E-state index contributed by atoms with van der Waals surface area (Å²) in [6.07, 6.45) is -3.75. The molecule has 20 heavy (non-hydrogen) atoms. The Hall–Kier alpha value is -1.45. The van der Waals surface area contributed by atoms with E-state index < -0.39 is 37.4 Å². The number of ether oxygens (including phenoxy) is 1. The van der Waals surface area contributed by atoms with E-state index in [1.165, 1.54) is 0 Å². The predicted octanol–water partition coefficient (Wildman–Crippen LogP) is 1.89. The molecule has 0 radical (unpaired) electrons. The van der Waals surface area contributed by atoms with Gasteiger partial charge in [0.1, 0.15) is 11.8 Å². The fraction of sp³-hybridized carbons (Fsp3) is 0.333. The Bertz CT molecular complexity index is 467. The summed E-state index contributed by atoms with van der Waals surface area (Å²) in [6.45, 7) is -0.437. The van der Waals surface area contributed by atoms with Crippen molar-refractivity contribution in [2.75, 3.05) is 6.61 Å². The van der Waals surface area contributed by atoms with Crippen LogP contribution in [0.5, 0.6) is 5.75 Å². The number of aliphatic carboxylic acids is 1. The normalized spacial score (nSPS) is 12.0. The van der Waals surface area contributed by atoms with Gasteiger partial charge in [0.15, 0.2) is 6.61 Å². The summed E-state index contributed by atoms with van der Waals surface area (Å²) in [6, 6.07) is 5.20. The summed E-state index contributed by atoms with van der Waals surface area (Å²) < 4.78 is 30.4. The maximum Gasteiger partial charge on any atom is 0.326 e. The van der Waals surface area contributed by atoms with Gasteiger partial charge in [-0.25, -0.2) is 13.6 Å². The van der Waals surface area contributed by atoms with Crippen LogP contribution < -0.4 is 10.1 Å². The SMILES string of the molecule is O=C(COc1ccc(I)cc1)NC(CC(F)F)C(=O)O. The zero-order valence-corrected chi connectivity index (χ0v) is 12.3. The van der Waals surface area contributed by atoms with E-state index in [-0.39, 0.29) is 0 Å². The van der Waals surface area contributed by atoms with Crippen LogP contribution in [0.1, 0.15) is 6.42 Å². The quantitative estimate of drug-likeness (QED) is 0.687. The van der Waals surface area contributed by atoms with Crippen LogP contribution in [0.3, 0.4) is 0 Å². The zero-order chi connectivity index (χ0) is 15.1. The summed E-state index contributed by atoms with van der Waals surface area (Å²) in [5.74, 6) is -1.84. The largest absolute Gasteiger partial charge is 0.484 e. The maximum atomic E-state index is 12.1. The summed E-state index contributed by atoms with van der Waals surface area (Å²) >= 11 is 2.10. The number of carboxylic acids is 1. The fourth-order valence-electron chi connectivity index (χ4n) is 1.32. The highest BCUT2D eigenvalue weighted by Crippen LogP contribution is 2.13. The number of hydrogen-bond donors (Lipinski definition) is 2. The van der Waals surface area contributed by atoms with Gasteiger partial charge in [-0.3, -0.25) is 4.79 Å². The van der Waals surface area contributed by atoms with Gasteiger partial charge >= 0.3 is 5.97 Å². The van der Waals surface area contributed by atoms with Gasteiger partial charge in [-0.05, 0) is 46.9 Å². The van der Waals surface area contributed by atoms with Gasteiger partial charge in [-0.2, -0.15) is 0 Å². The third kappa shape index (κ3) is 6.13. The molecule has 0 aromatic heterocycles. The van der Waals surface area contributed by atoms with Crippen LogP contribution >= 0.6 is 22.6 Å². The van der Waals surface area contributed by atoms with Crippen LogP contribution in [-0.2, 0) is 9.59 Å². The topological polar surface area (TPSA) is 75.6 Å². The number of carbonyl (C=O) groups is 2. The molecular weight excluding hydrogens is 387 g/mol. The first-order chi connectivity index (χ1) is 9.38. The Kier molecular flexibility index (Phi) is 6.62. The number of rotatable bonds is 7. The van der Waals surface area contributed by atoms with Gasteiger partial charge in [0.05, 0.1) is 0 Å². The number of amides is 1. The molecule has 1 unspecified atom stereocenters. The highest BCUT2D eigenvalue weighted by Gasteiger charge is 2.24. The molecule has 2 N–H and O–H groups in total. The Morgan fingerprint density at radius 3 is 2.40 bits per heavy atom. The van der Waals surface area contributed by atoms with Crippen molar-refractivity contribution in [1.82, 2.24) is 5.32 Å². The van der Waals surface area contributed by atoms with Crippen molar-refractivity contribution in [2.24, 2.45) is 0 Å². The van der Waals surface area contributed by atoms with Crippen LogP contribution in [-0.4, -0.2) is 36.1 Å².